The zero-order valence-electron chi connectivity index (χ0n) is 12.2. The Kier molecular flexibility index (Phi) is 3.70. The summed E-state index contributed by atoms with van der Waals surface area (Å²) in [7, 11) is -3.68. The molecule has 1 aliphatic rings. The number of fused-ring (bicyclic) bond motifs is 1. The molecular formula is C14H15ClN4O2S. The summed E-state index contributed by atoms with van der Waals surface area (Å²) in [5, 5.41) is 4.60. The third-order valence-corrected chi connectivity index (χ3v) is 5.23. The fraction of sp³-hybridized carbons (Fsp3) is 0.286. The minimum Gasteiger partial charge on any atom is -0.313 e. The first kappa shape index (κ1) is 15.1. The molecule has 2 heterocycles. The highest BCUT2D eigenvalue weighted by Crippen LogP contribution is 2.24. The first-order valence-corrected chi connectivity index (χ1v) is 8.62. The highest BCUT2D eigenvalue weighted by atomic mass is 35.5. The van der Waals surface area contributed by atoms with Gasteiger partial charge in [0.2, 0.25) is 0 Å². The summed E-state index contributed by atoms with van der Waals surface area (Å²) in [6, 6.07) is 6.59. The second-order valence-corrected chi connectivity index (χ2v) is 7.20. The van der Waals surface area contributed by atoms with E-state index in [2.05, 4.69) is 14.9 Å². The molecule has 6 nitrogen and oxygen atoms in total. The fourth-order valence-corrected chi connectivity index (χ4v) is 3.34. The maximum Gasteiger partial charge on any atom is 0.276 e. The number of hydrogen-bond acceptors (Lipinski definition) is 4. The van der Waals surface area contributed by atoms with E-state index >= 15 is 0 Å². The standard InChI is InChI=1S/C14H15ClN4O2S/c1-9-3-5-11(6-4-9)22(20,21)18-17-12-7-8-19-13(15)10(2)16-14(12)19/h3-6,18H,7-8H2,1-2H3/b17-12+. The van der Waals surface area contributed by atoms with Crippen LogP contribution in [0.4, 0.5) is 0 Å². The number of nitrogens with zero attached hydrogens (tertiary/aromatic N) is 3. The fourth-order valence-electron chi connectivity index (χ4n) is 2.30. The van der Waals surface area contributed by atoms with Crippen LogP contribution in [0.15, 0.2) is 34.3 Å². The number of rotatable bonds is 3. The van der Waals surface area contributed by atoms with Gasteiger partial charge in [-0.3, -0.25) is 0 Å². The number of aromatic nitrogens is 2. The molecule has 0 saturated heterocycles. The van der Waals surface area contributed by atoms with Crippen LogP contribution in [0.2, 0.25) is 5.15 Å². The smallest absolute Gasteiger partial charge is 0.276 e. The lowest BCUT2D eigenvalue weighted by molar-refractivity contribution is 0.584. The Morgan fingerprint density at radius 3 is 2.64 bits per heavy atom. The molecular weight excluding hydrogens is 324 g/mol. The SMILES string of the molecule is Cc1ccc(S(=O)(=O)N/N=C2\CCn3c2nc(C)c3Cl)cc1. The van der Waals surface area contributed by atoms with Gasteiger partial charge in [-0.1, -0.05) is 29.3 Å². The Hall–Kier alpha value is -1.86. The number of aryl methyl sites for hydroxylation is 2. The predicted molar refractivity (Wildman–Crippen MR) is 84.6 cm³/mol. The summed E-state index contributed by atoms with van der Waals surface area (Å²) < 4.78 is 26.3. The second-order valence-electron chi connectivity index (χ2n) is 5.18. The van der Waals surface area contributed by atoms with Crippen molar-refractivity contribution in [2.24, 2.45) is 5.10 Å². The first-order chi connectivity index (χ1) is 10.4. The largest absolute Gasteiger partial charge is 0.313 e. The van der Waals surface area contributed by atoms with Gasteiger partial charge in [-0.2, -0.15) is 18.4 Å². The monoisotopic (exact) mass is 338 g/mol. The molecule has 0 aliphatic carbocycles. The predicted octanol–water partition coefficient (Wildman–Crippen LogP) is 2.24. The van der Waals surface area contributed by atoms with E-state index in [0.717, 1.165) is 5.56 Å². The zero-order chi connectivity index (χ0) is 15.9. The Bertz CT molecular complexity index is 854. The van der Waals surface area contributed by atoms with Crippen molar-refractivity contribution in [1.29, 1.82) is 0 Å². The number of hydrazone groups is 1. The Morgan fingerprint density at radius 1 is 1.27 bits per heavy atom. The maximum atomic E-state index is 12.2. The van der Waals surface area contributed by atoms with Gasteiger partial charge in [0, 0.05) is 13.0 Å². The molecule has 116 valence electrons. The molecule has 3 rings (SSSR count). The Morgan fingerprint density at radius 2 is 1.95 bits per heavy atom. The normalized spacial score (nSPS) is 16.0. The van der Waals surface area contributed by atoms with Gasteiger partial charge in [0.15, 0.2) is 5.82 Å². The van der Waals surface area contributed by atoms with E-state index < -0.39 is 10.0 Å². The molecule has 1 N–H and O–H groups in total. The molecule has 8 heteroatoms. The molecule has 0 bridgehead atoms. The second kappa shape index (κ2) is 5.40. The highest BCUT2D eigenvalue weighted by Gasteiger charge is 2.24. The van der Waals surface area contributed by atoms with Crippen molar-refractivity contribution in [3.05, 3.63) is 46.5 Å². The van der Waals surface area contributed by atoms with Crippen molar-refractivity contribution in [2.45, 2.75) is 31.7 Å². The maximum absolute atomic E-state index is 12.2. The minimum absolute atomic E-state index is 0.179. The van der Waals surface area contributed by atoms with E-state index in [4.69, 9.17) is 11.6 Å². The zero-order valence-corrected chi connectivity index (χ0v) is 13.7. The van der Waals surface area contributed by atoms with Crippen LogP contribution in [-0.2, 0) is 16.6 Å². The molecule has 1 aromatic carbocycles. The van der Waals surface area contributed by atoms with Crippen molar-refractivity contribution in [2.75, 3.05) is 0 Å². The van der Waals surface area contributed by atoms with Gasteiger partial charge in [-0.15, -0.1) is 0 Å². The molecule has 0 spiro atoms. The average Bonchev–Trinajstić information content (AvgIpc) is 2.99. The molecule has 0 radical (unpaired) electrons. The van der Waals surface area contributed by atoms with E-state index in [1.807, 2.05) is 18.4 Å². The highest BCUT2D eigenvalue weighted by molar-refractivity contribution is 7.89. The van der Waals surface area contributed by atoms with Gasteiger partial charge in [-0.25, -0.2) is 4.98 Å². The third kappa shape index (κ3) is 2.62. The van der Waals surface area contributed by atoms with Gasteiger partial charge in [0.25, 0.3) is 10.0 Å². The minimum atomic E-state index is -3.68. The van der Waals surface area contributed by atoms with Gasteiger partial charge in [-0.05, 0) is 26.0 Å². The van der Waals surface area contributed by atoms with E-state index in [1.54, 1.807) is 24.3 Å². The summed E-state index contributed by atoms with van der Waals surface area (Å²) in [5.41, 5.74) is 2.30. The van der Waals surface area contributed by atoms with Crippen molar-refractivity contribution < 1.29 is 8.42 Å². The van der Waals surface area contributed by atoms with Crippen LogP contribution in [0.3, 0.4) is 0 Å². The topological polar surface area (TPSA) is 76.3 Å². The summed E-state index contributed by atoms with van der Waals surface area (Å²) in [4.78, 5) is 6.77. The molecule has 2 aromatic rings. The van der Waals surface area contributed by atoms with E-state index in [9.17, 15) is 8.42 Å². The molecule has 0 fully saturated rings. The number of benzene rings is 1. The van der Waals surface area contributed by atoms with Gasteiger partial charge < -0.3 is 4.57 Å². The number of halogens is 1. The van der Waals surface area contributed by atoms with Gasteiger partial charge in [0.05, 0.1) is 10.6 Å². The van der Waals surface area contributed by atoms with Crippen LogP contribution in [0.5, 0.6) is 0 Å². The van der Waals surface area contributed by atoms with Crippen LogP contribution in [-0.4, -0.2) is 23.7 Å². The number of imidazole rings is 1. The lowest BCUT2D eigenvalue weighted by atomic mass is 10.2. The van der Waals surface area contributed by atoms with Crippen molar-refractivity contribution >= 4 is 27.3 Å². The van der Waals surface area contributed by atoms with Crippen LogP contribution in [0, 0.1) is 13.8 Å². The summed E-state index contributed by atoms with van der Waals surface area (Å²) >= 11 is 6.13. The van der Waals surface area contributed by atoms with Crippen LogP contribution < -0.4 is 4.83 Å². The summed E-state index contributed by atoms with van der Waals surface area (Å²) in [6.07, 6.45) is 0.596. The van der Waals surface area contributed by atoms with Gasteiger partial charge >= 0.3 is 0 Å². The molecule has 0 amide bonds. The summed E-state index contributed by atoms with van der Waals surface area (Å²) in [6.45, 7) is 4.36. The van der Waals surface area contributed by atoms with Crippen molar-refractivity contribution in [3.63, 3.8) is 0 Å². The van der Waals surface area contributed by atoms with Gasteiger partial charge in [0.1, 0.15) is 10.9 Å². The first-order valence-electron chi connectivity index (χ1n) is 6.76. The molecule has 0 atom stereocenters. The average molecular weight is 339 g/mol. The van der Waals surface area contributed by atoms with E-state index in [-0.39, 0.29) is 4.90 Å². The van der Waals surface area contributed by atoms with Crippen molar-refractivity contribution in [3.8, 4) is 0 Å². The molecule has 1 aliphatic heterocycles. The van der Waals surface area contributed by atoms with Crippen LogP contribution in [0.1, 0.15) is 23.5 Å². The van der Waals surface area contributed by atoms with E-state index in [1.165, 1.54) is 0 Å². The molecule has 22 heavy (non-hydrogen) atoms. The molecule has 0 saturated carbocycles. The Labute approximate surface area is 133 Å². The lowest BCUT2D eigenvalue weighted by Gasteiger charge is -2.04. The van der Waals surface area contributed by atoms with Crippen LogP contribution in [0.25, 0.3) is 0 Å². The number of sulfonamides is 1. The number of hydrogen-bond donors (Lipinski definition) is 1. The quantitative estimate of drug-likeness (QED) is 0.872. The van der Waals surface area contributed by atoms with Crippen LogP contribution >= 0.6 is 11.6 Å². The summed E-state index contributed by atoms with van der Waals surface area (Å²) in [5.74, 6) is 0.620. The molecule has 1 aromatic heterocycles. The van der Waals surface area contributed by atoms with Crippen molar-refractivity contribution in [1.82, 2.24) is 14.4 Å². The Balaban J connectivity index is 1.86. The third-order valence-electron chi connectivity index (χ3n) is 3.53. The lowest BCUT2D eigenvalue weighted by Crippen LogP contribution is -2.20. The molecule has 0 unspecified atom stereocenters. The number of nitrogens with one attached hydrogen (secondary N) is 1. The van der Waals surface area contributed by atoms with E-state index in [0.29, 0.717) is 35.3 Å².